The fourth-order valence-electron chi connectivity index (χ4n) is 4.32. The molecule has 0 bridgehead atoms. The van der Waals surface area contributed by atoms with E-state index in [4.69, 9.17) is 11.6 Å². The summed E-state index contributed by atoms with van der Waals surface area (Å²) in [5.41, 5.74) is -0.769. The van der Waals surface area contributed by atoms with E-state index in [9.17, 15) is 18.0 Å². The van der Waals surface area contributed by atoms with Gasteiger partial charge in [-0.3, -0.25) is 9.20 Å². The quantitative estimate of drug-likeness (QED) is 0.765. The second-order valence-corrected chi connectivity index (χ2v) is 9.19. The third-order valence-corrected chi connectivity index (χ3v) is 5.20. The summed E-state index contributed by atoms with van der Waals surface area (Å²) in [6.45, 7) is 9.81. The van der Waals surface area contributed by atoms with Gasteiger partial charge >= 0.3 is 6.18 Å². The summed E-state index contributed by atoms with van der Waals surface area (Å²) >= 11 is 6.00. The number of nitrogens with zero attached hydrogens (tertiary/aromatic N) is 2. The smallest absolute Gasteiger partial charge is 0.348 e. The number of carbonyl (C=O) groups is 1. The Morgan fingerprint density at radius 2 is 1.86 bits per heavy atom. The van der Waals surface area contributed by atoms with Gasteiger partial charge in [0, 0.05) is 23.3 Å². The van der Waals surface area contributed by atoms with Crippen molar-refractivity contribution in [3.8, 4) is 0 Å². The third kappa shape index (κ3) is 4.12. The number of hydrogen-bond donors (Lipinski definition) is 2. The monoisotopic (exact) mass is 416 g/mol. The lowest BCUT2D eigenvalue weighted by Gasteiger charge is -2.46. The number of hydrogen-bond acceptors (Lipinski definition) is 3. The van der Waals surface area contributed by atoms with Crippen LogP contribution in [0.1, 0.15) is 62.3 Å². The minimum absolute atomic E-state index is 0.0668. The SMILES string of the molecule is Cc1nc2c(Cl)cc(C(F)(F)F)cn2c1C(=O)NC1CC(C)(C)NC(C)(C)C1. The molecule has 1 amide bonds. The molecule has 0 aromatic carbocycles. The van der Waals surface area contributed by atoms with E-state index >= 15 is 0 Å². The molecule has 0 atom stereocenters. The van der Waals surface area contributed by atoms with Crippen LogP contribution in [0.2, 0.25) is 5.02 Å². The molecule has 1 aliphatic rings. The minimum Gasteiger partial charge on any atom is -0.348 e. The summed E-state index contributed by atoms with van der Waals surface area (Å²) < 4.78 is 40.7. The van der Waals surface area contributed by atoms with Crippen molar-refractivity contribution in [1.29, 1.82) is 0 Å². The lowest BCUT2D eigenvalue weighted by Crippen LogP contribution is -2.62. The van der Waals surface area contributed by atoms with E-state index in [-0.39, 0.29) is 33.5 Å². The molecule has 0 radical (unpaired) electrons. The maximum Gasteiger partial charge on any atom is 0.417 e. The van der Waals surface area contributed by atoms with Crippen molar-refractivity contribution in [2.45, 2.75) is 70.8 Å². The summed E-state index contributed by atoms with van der Waals surface area (Å²) in [5.74, 6) is -0.459. The fourth-order valence-corrected chi connectivity index (χ4v) is 4.58. The van der Waals surface area contributed by atoms with Crippen LogP contribution in [0.15, 0.2) is 12.3 Å². The van der Waals surface area contributed by atoms with Crippen molar-refractivity contribution < 1.29 is 18.0 Å². The molecule has 2 aromatic heterocycles. The van der Waals surface area contributed by atoms with Crippen LogP contribution < -0.4 is 10.6 Å². The van der Waals surface area contributed by atoms with Crippen molar-refractivity contribution in [2.75, 3.05) is 0 Å². The Kier molecular flexibility index (Phi) is 4.95. The molecular formula is C19H24ClF3N4O. The van der Waals surface area contributed by atoms with Gasteiger partial charge < -0.3 is 10.6 Å². The van der Waals surface area contributed by atoms with E-state index < -0.39 is 17.6 Å². The van der Waals surface area contributed by atoms with Crippen molar-refractivity contribution in [2.24, 2.45) is 0 Å². The van der Waals surface area contributed by atoms with Crippen molar-refractivity contribution >= 4 is 23.2 Å². The molecule has 3 rings (SSSR count). The highest BCUT2D eigenvalue weighted by Crippen LogP contribution is 2.33. The van der Waals surface area contributed by atoms with Crippen LogP contribution in [0.25, 0.3) is 5.65 Å². The zero-order valence-corrected chi connectivity index (χ0v) is 17.2. The lowest BCUT2D eigenvalue weighted by molar-refractivity contribution is -0.137. The zero-order chi connectivity index (χ0) is 21.1. The first-order chi connectivity index (χ1) is 12.7. The molecule has 2 N–H and O–H groups in total. The molecule has 28 heavy (non-hydrogen) atoms. The normalized spacial score (nSPS) is 19.8. The highest BCUT2D eigenvalue weighted by atomic mass is 35.5. The molecule has 5 nitrogen and oxygen atoms in total. The first kappa shape index (κ1) is 20.9. The summed E-state index contributed by atoms with van der Waals surface area (Å²) in [6, 6.07) is 0.702. The van der Waals surface area contributed by atoms with Gasteiger partial charge in [-0.15, -0.1) is 0 Å². The number of aryl methyl sites for hydroxylation is 1. The summed E-state index contributed by atoms with van der Waals surface area (Å²) in [5, 5.41) is 6.36. The van der Waals surface area contributed by atoms with Crippen LogP contribution in [-0.2, 0) is 6.18 Å². The highest BCUT2D eigenvalue weighted by molar-refractivity contribution is 6.33. The zero-order valence-electron chi connectivity index (χ0n) is 16.5. The number of imidazole rings is 1. The molecule has 2 aromatic rings. The van der Waals surface area contributed by atoms with E-state index in [1.807, 2.05) is 0 Å². The number of nitrogens with one attached hydrogen (secondary N) is 2. The Bertz CT molecular complexity index is 917. The van der Waals surface area contributed by atoms with Crippen molar-refractivity contribution in [3.05, 3.63) is 34.2 Å². The molecule has 1 fully saturated rings. The lowest BCUT2D eigenvalue weighted by atomic mass is 9.79. The molecule has 154 valence electrons. The first-order valence-electron chi connectivity index (χ1n) is 9.04. The van der Waals surface area contributed by atoms with Gasteiger partial charge in [0.15, 0.2) is 5.65 Å². The number of halogens is 4. The standard InChI is InChI=1S/C19H24ClF3N4O/c1-10-14(16(28)25-12-7-17(2,3)26-18(4,5)8-12)27-9-11(19(21,22)23)6-13(20)15(27)24-10/h6,9,12,26H,7-8H2,1-5H3,(H,25,28). The van der Waals surface area contributed by atoms with Crippen LogP contribution >= 0.6 is 11.6 Å². The van der Waals surface area contributed by atoms with Crippen molar-refractivity contribution in [1.82, 2.24) is 20.0 Å². The van der Waals surface area contributed by atoms with Crippen LogP contribution in [0, 0.1) is 6.92 Å². The van der Waals surface area contributed by atoms with Gasteiger partial charge in [-0.25, -0.2) is 4.98 Å². The predicted octanol–water partition coefficient (Wildman–Crippen LogP) is 4.35. The number of fused-ring (bicyclic) bond motifs is 1. The molecular weight excluding hydrogens is 393 g/mol. The Balaban J connectivity index is 1.98. The Hall–Kier alpha value is -1.80. The average molecular weight is 417 g/mol. The molecule has 0 spiro atoms. The third-order valence-electron chi connectivity index (χ3n) is 4.92. The second-order valence-electron chi connectivity index (χ2n) is 8.79. The molecule has 3 heterocycles. The van der Waals surface area contributed by atoms with Gasteiger partial charge in [0.1, 0.15) is 5.69 Å². The molecule has 0 saturated carbocycles. The van der Waals surface area contributed by atoms with Crippen LogP contribution in [-0.4, -0.2) is 32.4 Å². The number of piperidine rings is 1. The average Bonchev–Trinajstić information content (AvgIpc) is 2.79. The van der Waals surface area contributed by atoms with E-state index in [2.05, 4.69) is 43.3 Å². The van der Waals surface area contributed by atoms with Crippen LogP contribution in [0.3, 0.4) is 0 Å². The molecule has 1 aliphatic heterocycles. The molecule has 0 aliphatic carbocycles. The van der Waals surface area contributed by atoms with Gasteiger partial charge in [-0.05, 0) is 53.5 Å². The van der Waals surface area contributed by atoms with E-state index in [0.717, 1.165) is 16.7 Å². The van der Waals surface area contributed by atoms with E-state index in [1.54, 1.807) is 6.92 Å². The van der Waals surface area contributed by atoms with Gasteiger partial charge in [-0.1, -0.05) is 11.6 Å². The largest absolute Gasteiger partial charge is 0.417 e. The van der Waals surface area contributed by atoms with Gasteiger partial charge in [-0.2, -0.15) is 13.2 Å². The maximum atomic E-state index is 13.2. The number of pyridine rings is 1. The predicted molar refractivity (Wildman–Crippen MR) is 102 cm³/mol. The number of rotatable bonds is 2. The Morgan fingerprint density at radius 1 is 1.29 bits per heavy atom. The number of aromatic nitrogens is 2. The fraction of sp³-hybridized carbons (Fsp3) is 0.579. The van der Waals surface area contributed by atoms with E-state index in [1.165, 1.54) is 0 Å². The Labute approximate surface area is 166 Å². The highest BCUT2D eigenvalue weighted by Gasteiger charge is 2.39. The summed E-state index contributed by atoms with van der Waals surface area (Å²) in [4.78, 5) is 17.2. The molecule has 9 heteroatoms. The van der Waals surface area contributed by atoms with Crippen LogP contribution in [0.4, 0.5) is 13.2 Å². The van der Waals surface area contributed by atoms with E-state index in [0.29, 0.717) is 18.5 Å². The van der Waals surface area contributed by atoms with Gasteiger partial charge in [0.25, 0.3) is 5.91 Å². The van der Waals surface area contributed by atoms with Gasteiger partial charge in [0.05, 0.1) is 16.3 Å². The first-order valence-corrected chi connectivity index (χ1v) is 9.42. The molecule has 1 saturated heterocycles. The van der Waals surface area contributed by atoms with Gasteiger partial charge in [0.2, 0.25) is 0 Å². The Morgan fingerprint density at radius 3 is 2.39 bits per heavy atom. The maximum absolute atomic E-state index is 13.2. The number of amides is 1. The minimum atomic E-state index is -4.58. The number of alkyl halides is 3. The summed E-state index contributed by atoms with van der Waals surface area (Å²) in [7, 11) is 0. The topological polar surface area (TPSA) is 58.4 Å². The van der Waals surface area contributed by atoms with Crippen LogP contribution in [0.5, 0.6) is 0 Å². The second kappa shape index (κ2) is 6.62. The van der Waals surface area contributed by atoms with Crippen molar-refractivity contribution in [3.63, 3.8) is 0 Å². The number of carbonyl (C=O) groups excluding carboxylic acids is 1. The summed E-state index contributed by atoms with van der Waals surface area (Å²) in [6.07, 6.45) is -2.31. The molecule has 0 unspecified atom stereocenters.